The van der Waals surface area contributed by atoms with E-state index in [9.17, 15) is 9.90 Å². The van der Waals surface area contributed by atoms with E-state index in [0.29, 0.717) is 16.5 Å². The van der Waals surface area contributed by atoms with Gasteiger partial charge in [-0.3, -0.25) is 4.79 Å². The first-order chi connectivity index (χ1) is 15.9. The van der Waals surface area contributed by atoms with Crippen molar-refractivity contribution < 1.29 is 14.6 Å². The number of carbonyl (C=O) groups is 1. The van der Waals surface area contributed by atoms with Crippen LogP contribution in [0, 0.1) is 6.92 Å². The van der Waals surface area contributed by atoms with Crippen LogP contribution in [-0.2, 0) is 11.8 Å². The number of anilines is 4. The number of phenols is 1. The van der Waals surface area contributed by atoms with E-state index in [-0.39, 0.29) is 11.7 Å². The highest BCUT2D eigenvalue weighted by Gasteiger charge is 2.22. The molecule has 0 radical (unpaired) electrons. The van der Waals surface area contributed by atoms with E-state index in [2.05, 4.69) is 30.9 Å². The summed E-state index contributed by atoms with van der Waals surface area (Å²) in [5.41, 5.74) is 3.70. The number of nitrogens with zero attached hydrogens (tertiary/aromatic N) is 5. The van der Waals surface area contributed by atoms with Crippen LogP contribution in [0.5, 0.6) is 5.75 Å². The maximum atomic E-state index is 11.8. The molecule has 1 aliphatic heterocycles. The van der Waals surface area contributed by atoms with Crippen LogP contribution in [0.4, 0.5) is 33.0 Å². The normalized spacial score (nSPS) is 14.0. The van der Waals surface area contributed by atoms with Crippen LogP contribution in [0.2, 0.25) is 0 Å². The first kappa shape index (κ1) is 22.7. The number of nitrogens with one attached hydrogen (secondary N) is 2. The zero-order valence-electron chi connectivity index (χ0n) is 19.0. The van der Waals surface area contributed by atoms with Gasteiger partial charge in [-0.05, 0) is 84.6 Å². The zero-order chi connectivity index (χ0) is 23.4. The topological polar surface area (TPSA) is 106 Å². The highest BCUT2D eigenvalue weighted by molar-refractivity contribution is 7.18. The molecular formula is C23H28N7O2S+. The Morgan fingerprint density at radius 3 is 2.55 bits per heavy atom. The van der Waals surface area contributed by atoms with E-state index >= 15 is 0 Å². The van der Waals surface area contributed by atoms with Gasteiger partial charge in [0.05, 0.1) is 10.8 Å². The molecule has 33 heavy (non-hydrogen) atoms. The van der Waals surface area contributed by atoms with Crippen molar-refractivity contribution in [1.82, 2.24) is 5.10 Å². The minimum absolute atomic E-state index is 0.193. The van der Waals surface area contributed by atoms with Crippen LogP contribution in [0.15, 0.2) is 46.6 Å². The maximum Gasteiger partial charge on any atom is 0.431 e. The fourth-order valence-electron chi connectivity index (χ4n) is 3.63. The number of aromatic hydroxyl groups is 1. The minimum atomic E-state index is -0.193. The average Bonchev–Trinajstić information content (AvgIpc) is 3.17. The smallest absolute Gasteiger partial charge is 0.431 e. The minimum Gasteiger partial charge on any atom is -0.508 e. The Morgan fingerprint density at radius 2 is 1.85 bits per heavy atom. The molecule has 2 aromatic carbocycles. The standard InChI is InChI=1S/C23H27N7O2S/c1-15-13-21(26-27-22-29(3)28-23(33-22)30-11-5-4-6-12-30)20(24-16(2)31)14-19(15)25-17-7-9-18(32)10-8-17/h7-10,13-14H,4-6,11-12H2,1-3H3,(H2,24,25,26,31,32)/p+1. The van der Waals surface area contributed by atoms with Gasteiger partial charge in [0.25, 0.3) is 0 Å². The number of aryl methyl sites for hydroxylation is 2. The summed E-state index contributed by atoms with van der Waals surface area (Å²) >= 11 is 1.51. The molecule has 3 aromatic rings. The van der Waals surface area contributed by atoms with Crippen molar-refractivity contribution in [3.05, 3.63) is 42.0 Å². The number of rotatable bonds is 6. The number of carbonyl (C=O) groups excluding carboxylic acids is 1. The summed E-state index contributed by atoms with van der Waals surface area (Å²) in [4.78, 5) is 14.1. The molecule has 0 unspecified atom stereocenters. The molecule has 0 bridgehead atoms. The van der Waals surface area contributed by atoms with E-state index < -0.39 is 0 Å². The van der Waals surface area contributed by atoms with Crippen molar-refractivity contribution in [1.29, 1.82) is 0 Å². The molecule has 1 aliphatic rings. The third kappa shape index (κ3) is 5.64. The predicted octanol–water partition coefficient (Wildman–Crippen LogP) is 5.09. The van der Waals surface area contributed by atoms with Crippen LogP contribution in [0.3, 0.4) is 0 Å². The maximum absolute atomic E-state index is 11.8. The molecule has 2 heterocycles. The summed E-state index contributed by atoms with van der Waals surface area (Å²) in [5, 5.41) is 30.8. The van der Waals surface area contributed by atoms with E-state index in [4.69, 9.17) is 0 Å². The molecule has 1 amide bonds. The van der Waals surface area contributed by atoms with Gasteiger partial charge in [-0.25, -0.2) is 0 Å². The van der Waals surface area contributed by atoms with Crippen LogP contribution < -0.4 is 20.2 Å². The Hall–Kier alpha value is -3.53. The molecule has 1 fully saturated rings. The number of amides is 1. The summed E-state index contributed by atoms with van der Waals surface area (Å²) in [5.74, 6) is 0.00765. The number of phenolic OH excluding ortho intramolecular Hbond substituents is 1. The second-order valence-electron chi connectivity index (χ2n) is 8.08. The quantitative estimate of drug-likeness (QED) is 0.267. The van der Waals surface area contributed by atoms with E-state index in [1.165, 1.54) is 37.5 Å². The fraction of sp³-hybridized carbons (Fsp3) is 0.348. The molecule has 0 spiro atoms. The Balaban J connectivity index is 1.60. The lowest BCUT2D eigenvalue weighted by Crippen LogP contribution is -2.33. The molecule has 4 rings (SSSR count). The molecule has 10 heteroatoms. The summed E-state index contributed by atoms with van der Waals surface area (Å²) < 4.78 is 1.74. The van der Waals surface area contributed by atoms with Crippen molar-refractivity contribution in [2.45, 2.75) is 33.1 Å². The Bertz CT molecular complexity index is 1170. The van der Waals surface area contributed by atoms with Gasteiger partial charge in [0.2, 0.25) is 11.0 Å². The monoisotopic (exact) mass is 466 g/mol. The molecular weight excluding hydrogens is 438 g/mol. The van der Waals surface area contributed by atoms with Crippen LogP contribution in [-0.4, -0.2) is 29.2 Å². The molecule has 3 N–H and O–H groups in total. The second kappa shape index (κ2) is 9.95. The zero-order valence-corrected chi connectivity index (χ0v) is 19.8. The van der Waals surface area contributed by atoms with Crippen molar-refractivity contribution in [2.24, 2.45) is 17.3 Å². The largest absolute Gasteiger partial charge is 0.508 e. The molecule has 0 atom stereocenters. The lowest BCUT2D eigenvalue weighted by atomic mass is 10.1. The summed E-state index contributed by atoms with van der Waals surface area (Å²) in [6, 6.07) is 10.5. The predicted molar refractivity (Wildman–Crippen MR) is 130 cm³/mol. The Morgan fingerprint density at radius 1 is 1.12 bits per heavy atom. The van der Waals surface area contributed by atoms with Crippen molar-refractivity contribution in [3.63, 3.8) is 0 Å². The number of azo groups is 1. The first-order valence-electron chi connectivity index (χ1n) is 10.9. The fourth-order valence-corrected chi connectivity index (χ4v) is 4.53. The Kier molecular flexibility index (Phi) is 6.83. The van der Waals surface area contributed by atoms with E-state index in [1.807, 2.05) is 26.1 Å². The third-order valence-electron chi connectivity index (χ3n) is 5.36. The van der Waals surface area contributed by atoms with Gasteiger partial charge in [0.1, 0.15) is 18.5 Å². The lowest BCUT2D eigenvalue weighted by molar-refractivity contribution is -0.712. The van der Waals surface area contributed by atoms with Gasteiger partial charge < -0.3 is 20.6 Å². The van der Waals surface area contributed by atoms with Gasteiger partial charge in [0, 0.05) is 31.4 Å². The highest BCUT2D eigenvalue weighted by atomic mass is 32.1. The van der Waals surface area contributed by atoms with Gasteiger partial charge in [0.15, 0.2) is 0 Å². The van der Waals surface area contributed by atoms with Gasteiger partial charge in [-0.1, -0.05) is 5.10 Å². The second-order valence-corrected chi connectivity index (χ2v) is 9.01. The lowest BCUT2D eigenvalue weighted by Gasteiger charge is -2.24. The van der Waals surface area contributed by atoms with Crippen molar-refractivity contribution in [3.8, 4) is 5.75 Å². The molecule has 1 aromatic heterocycles. The molecule has 172 valence electrons. The molecule has 0 saturated carbocycles. The SMILES string of the molecule is CC(=O)Nc1cc(Nc2ccc(O)cc2)c(C)cc1N=Nc1sc(N2CCCCC2)n[n+]1C. The Labute approximate surface area is 196 Å². The highest BCUT2D eigenvalue weighted by Crippen LogP contribution is 2.35. The average molecular weight is 467 g/mol. The number of piperidine rings is 1. The summed E-state index contributed by atoms with van der Waals surface area (Å²) in [6.07, 6.45) is 3.64. The number of aromatic nitrogens is 2. The van der Waals surface area contributed by atoms with Crippen LogP contribution >= 0.6 is 11.3 Å². The van der Waals surface area contributed by atoms with Gasteiger partial charge >= 0.3 is 5.13 Å². The number of benzene rings is 2. The summed E-state index contributed by atoms with van der Waals surface area (Å²) in [7, 11) is 1.86. The number of hydrogen-bond donors (Lipinski definition) is 3. The van der Waals surface area contributed by atoms with Gasteiger partial charge in [-0.15, -0.1) is 4.68 Å². The van der Waals surface area contributed by atoms with Crippen LogP contribution in [0.1, 0.15) is 31.7 Å². The summed E-state index contributed by atoms with van der Waals surface area (Å²) in [6.45, 7) is 5.46. The van der Waals surface area contributed by atoms with Crippen molar-refractivity contribution >= 4 is 50.3 Å². The molecule has 1 saturated heterocycles. The van der Waals surface area contributed by atoms with Crippen molar-refractivity contribution in [2.75, 3.05) is 28.6 Å². The van der Waals surface area contributed by atoms with E-state index in [1.54, 1.807) is 28.9 Å². The van der Waals surface area contributed by atoms with E-state index in [0.717, 1.165) is 35.2 Å². The van der Waals surface area contributed by atoms with Crippen LogP contribution in [0.25, 0.3) is 0 Å². The number of hydrogen-bond acceptors (Lipinski definition) is 8. The third-order valence-corrected chi connectivity index (χ3v) is 6.42. The first-order valence-corrected chi connectivity index (χ1v) is 11.7. The molecule has 9 nitrogen and oxygen atoms in total. The van der Waals surface area contributed by atoms with Gasteiger partial charge in [-0.2, -0.15) is 0 Å². The molecule has 0 aliphatic carbocycles.